The molecular weight excluding hydrogens is 192 g/mol. The molecule has 2 saturated heterocycles. The highest BCUT2D eigenvalue weighted by molar-refractivity contribution is 5.74. The fraction of sp³-hybridized carbons (Fsp3) is 0.909. The molecule has 2 aliphatic rings. The van der Waals surface area contributed by atoms with Gasteiger partial charge in [-0.15, -0.1) is 0 Å². The summed E-state index contributed by atoms with van der Waals surface area (Å²) in [6.07, 6.45) is 4.52. The number of ether oxygens (including phenoxy) is 1. The van der Waals surface area contributed by atoms with Gasteiger partial charge in [-0.3, -0.25) is 0 Å². The molecule has 0 aromatic rings. The second kappa shape index (κ2) is 5.35. The number of amides is 2. The van der Waals surface area contributed by atoms with Gasteiger partial charge in [0.2, 0.25) is 0 Å². The van der Waals surface area contributed by atoms with Crippen molar-refractivity contribution in [1.29, 1.82) is 0 Å². The summed E-state index contributed by atoms with van der Waals surface area (Å²) in [6, 6.07) is 0.117. The molecule has 1 atom stereocenters. The van der Waals surface area contributed by atoms with E-state index in [9.17, 15) is 4.79 Å². The van der Waals surface area contributed by atoms with Crippen LogP contribution in [0.1, 0.15) is 25.7 Å². The molecule has 2 rings (SSSR count). The fourth-order valence-electron chi connectivity index (χ4n) is 2.23. The number of carbonyl (C=O) groups is 1. The summed E-state index contributed by atoms with van der Waals surface area (Å²) in [4.78, 5) is 13.5. The third kappa shape index (κ3) is 3.09. The van der Waals surface area contributed by atoms with Crippen LogP contribution in [0.4, 0.5) is 4.79 Å². The van der Waals surface area contributed by atoms with E-state index in [4.69, 9.17) is 4.74 Å². The van der Waals surface area contributed by atoms with E-state index in [1.54, 1.807) is 0 Å². The lowest BCUT2D eigenvalue weighted by Crippen LogP contribution is -2.38. The van der Waals surface area contributed by atoms with E-state index < -0.39 is 0 Å². The van der Waals surface area contributed by atoms with E-state index in [2.05, 4.69) is 5.32 Å². The normalized spacial score (nSPS) is 25.9. The largest absolute Gasteiger partial charge is 0.381 e. The minimum absolute atomic E-state index is 0.117. The van der Waals surface area contributed by atoms with E-state index in [0.29, 0.717) is 5.92 Å². The summed E-state index contributed by atoms with van der Waals surface area (Å²) in [7, 11) is 0. The fourth-order valence-corrected chi connectivity index (χ4v) is 2.23. The molecule has 2 heterocycles. The van der Waals surface area contributed by atoms with Gasteiger partial charge in [-0.25, -0.2) is 4.79 Å². The van der Waals surface area contributed by atoms with Gasteiger partial charge in [0.25, 0.3) is 0 Å². The predicted octanol–water partition coefficient (Wildman–Crippen LogP) is 1.22. The van der Waals surface area contributed by atoms with Crippen LogP contribution < -0.4 is 5.32 Å². The smallest absolute Gasteiger partial charge is 0.317 e. The molecular formula is C11H20N2O2. The van der Waals surface area contributed by atoms with Crippen molar-refractivity contribution in [1.82, 2.24) is 10.2 Å². The van der Waals surface area contributed by atoms with Crippen molar-refractivity contribution < 1.29 is 9.53 Å². The quantitative estimate of drug-likeness (QED) is 0.764. The van der Waals surface area contributed by atoms with Crippen LogP contribution in [-0.4, -0.2) is 43.8 Å². The minimum atomic E-state index is 0.117. The Bertz CT molecular complexity index is 209. The molecule has 4 heteroatoms. The number of urea groups is 1. The molecule has 0 aliphatic carbocycles. The Hall–Kier alpha value is -0.770. The monoisotopic (exact) mass is 212 g/mol. The average Bonchev–Trinajstić information content (AvgIpc) is 2.90. The molecule has 2 fully saturated rings. The van der Waals surface area contributed by atoms with Crippen molar-refractivity contribution in [2.75, 3.05) is 32.8 Å². The molecule has 0 aromatic carbocycles. The van der Waals surface area contributed by atoms with Crippen molar-refractivity contribution in [3.8, 4) is 0 Å². The Balaban J connectivity index is 1.58. The van der Waals surface area contributed by atoms with E-state index in [-0.39, 0.29) is 6.03 Å². The van der Waals surface area contributed by atoms with Gasteiger partial charge in [0.15, 0.2) is 0 Å². The number of likely N-dealkylation sites (tertiary alicyclic amines) is 1. The van der Waals surface area contributed by atoms with E-state index in [0.717, 1.165) is 58.5 Å². The zero-order valence-electron chi connectivity index (χ0n) is 9.21. The third-order valence-corrected chi connectivity index (χ3v) is 3.25. The number of carbonyl (C=O) groups excluding carboxylic acids is 1. The van der Waals surface area contributed by atoms with Crippen LogP contribution in [-0.2, 0) is 4.74 Å². The van der Waals surface area contributed by atoms with Gasteiger partial charge >= 0.3 is 6.03 Å². The lowest BCUT2D eigenvalue weighted by atomic mass is 10.1. The Morgan fingerprint density at radius 2 is 2.20 bits per heavy atom. The highest BCUT2D eigenvalue weighted by Gasteiger charge is 2.19. The van der Waals surface area contributed by atoms with Crippen LogP contribution in [0.15, 0.2) is 0 Å². The zero-order chi connectivity index (χ0) is 10.5. The highest BCUT2D eigenvalue weighted by atomic mass is 16.5. The summed E-state index contributed by atoms with van der Waals surface area (Å²) < 4.78 is 5.29. The Kier molecular flexibility index (Phi) is 3.83. The summed E-state index contributed by atoms with van der Waals surface area (Å²) in [6.45, 7) is 4.42. The molecule has 2 aliphatic heterocycles. The molecule has 0 spiro atoms. The first kappa shape index (κ1) is 10.7. The SMILES string of the molecule is O=C(NCCC1CCOC1)N1CCCC1. The van der Waals surface area contributed by atoms with Gasteiger partial charge in [-0.05, 0) is 31.6 Å². The van der Waals surface area contributed by atoms with Crippen molar-refractivity contribution >= 4 is 6.03 Å². The number of nitrogens with zero attached hydrogens (tertiary/aromatic N) is 1. The second-order valence-electron chi connectivity index (χ2n) is 4.44. The first-order valence-electron chi connectivity index (χ1n) is 5.97. The molecule has 15 heavy (non-hydrogen) atoms. The number of rotatable bonds is 3. The summed E-state index contributed by atoms with van der Waals surface area (Å²) in [5.41, 5.74) is 0. The maximum Gasteiger partial charge on any atom is 0.317 e. The van der Waals surface area contributed by atoms with Gasteiger partial charge in [-0.1, -0.05) is 0 Å². The van der Waals surface area contributed by atoms with Crippen LogP contribution in [0.5, 0.6) is 0 Å². The molecule has 0 saturated carbocycles. The molecule has 0 radical (unpaired) electrons. The van der Waals surface area contributed by atoms with Crippen LogP contribution in [0, 0.1) is 5.92 Å². The standard InChI is InChI=1S/C11H20N2O2/c14-11(13-6-1-2-7-13)12-5-3-10-4-8-15-9-10/h10H,1-9H2,(H,12,14). The van der Waals surface area contributed by atoms with Crippen molar-refractivity contribution in [2.45, 2.75) is 25.7 Å². The lowest BCUT2D eigenvalue weighted by Gasteiger charge is -2.16. The van der Waals surface area contributed by atoms with E-state index in [1.165, 1.54) is 0 Å². The molecule has 0 aromatic heterocycles. The average molecular weight is 212 g/mol. The number of hydrogen-bond donors (Lipinski definition) is 1. The van der Waals surface area contributed by atoms with E-state index >= 15 is 0 Å². The van der Waals surface area contributed by atoms with Gasteiger partial charge in [0, 0.05) is 32.8 Å². The predicted molar refractivity (Wildman–Crippen MR) is 57.7 cm³/mol. The summed E-state index contributed by atoms with van der Waals surface area (Å²) >= 11 is 0. The van der Waals surface area contributed by atoms with Gasteiger partial charge in [-0.2, -0.15) is 0 Å². The molecule has 0 bridgehead atoms. The highest BCUT2D eigenvalue weighted by Crippen LogP contribution is 2.15. The second-order valence-corrected chi connectivity index (χ2v) is 4.44. The van der Waals surface area contributed by atoms with Crippen LogP contribution in [0.3, 0.4) is 0 Å². The Morgan fingerprint density at radius 1 is 1.40 bits per heavy atom. The third-order valence-electron chi connectivity index (χ3n) is 3.25. The molecule has 4 nitrogen and oxygen atoms in total. The number of hydrogen-bond acceptors (Lipinski definition) is 2. The molecule has 1 N–H and O–H groups in total. The van der Waals surface area contributed by atoms with Crippen molar-refractivity contribution in [3.63, 3.8) is 0 Å². The van der Waals surface area contributed by atoms with Gasteiger partial charge in [0.1, 0.15) is 0 Å². The van der Waals surface area contributed by atoms with Crippen LogP contribution >= 0.6 is 0 Å². The zero-order valence-corrected chi connectivity index (χ0v) is 9.21. The minimum Gasteiger partial charge on any atom is -0.381 e. The molecule has 1 unspecified atom stereocenters. The van der Waals surface area contributed by atoms with E-state index in [1.807, 2.05) is 4.90 Å². The van der Waals surface area contributed by atoms with Gasteiger partial charge < -0.3 is 15.0 Å². The molecule has 86 valence electrons. The summed E-state index contributed by atoms with van der Waals surface area (Å²) in [5, 5.41) is 2.98. The Morgan fingerprint density at radius 3 is 2.87 bits per heavy atom. The maximum absolute atomic E-state index is 11.6. The topological polar surface area (TPSA) is 41.6 Å². The maximum atomic E-state index is 11.6. The first-order valence-corrected chi connectivity index (χ1v) is 5.97. The Labute approximate surface area is 91.0 Å². The van der Waals surface area contributed by atoms with Gasteiger partial charge in [0.05, 0.1) is 0 Å². The van der Waals surface area contributed by atoms with Crippen molar-refractivity contribution in [3.05, 3.63) is 0 Å². The van der Waals surface area contributed by atoms with Crippen LogP contribution in [0.25, 0.3) is 0 Å². The van der Waals surface area contributed by atoms with Crippen molar-refractivity contribution in [2.24, 2.45) is 5.92 Å². The van der Waals surface area contributed by atoms with Crippen LogP contribution in [0.2, 0.25) is 0 Å². The lowest BCUT2D eigenvalue weighted by molar-refractivity contribution is 0.183. The first-order chi connectivity index (χ1) is 7.36. The molecule has 2 amide bonds. The summed E-state index contributed by atoms with van der Waals surface area (Å²) in [5.74, 6) is 0.656. The number of nitrogens with one attached hydrogen (secondary N) is 1.